The molecule has 2 nitrogen and oxygen atoms in total. The molecular weight excluding hydrogens is 186 g/mol. The highest BCUT2D eigenvalue weighted by molar-refractivity contribution is 4.86. The first-order valence-corrected chi connectivity index (χ1v) is 6.52. The summed E-state index contributed by atoms with van der Waals surface area (Å²) in [7, 11) is 0. The Morgan fingerprint density at radius 2 is 1.67 bits per heavy atom. The van der Waals surface area contributed by atoms with E-state index in [0.29, 0.717) is 12.1 Å². The molecule has 1 aliphatic heterocycles. The van der Waals surface area contributed by atoms with Crippen LogP contribution in [0.1, 0.15) is 46.5 Å². The molecule has 0 radical (unpaired) electrons. The van der Waals surface area contributed by atoms with E-state index in [4.69, 9.17) is 4.74 Å². The minimum Gasteiger partial charge on any atom is -0.377 e. The van der Waals surface area contributed by atoms with E-state index in [1.807, 2.05) is 0 Å². The van der Waals surface area contributed by atoms with Gasteiger partial charge in [-0.15, -0.1) is 0 Å². The molecule has 2 heteroatoms. The van der Waals surface area contributed by atoms with E-state index < -0.39 is 0 Å². The summed E-state index contributed by atoms with van der Waals surface area (Å²) in [4.78, 5) is 0. The van der Waals surface area contributed by atoms with Crippen molar-refractivity contribution in [2.45, 2.75) is 64.6 Å². The van der Waals surface area contributed by atoms with Crippen molar-refractivity contribution in [3.63, 3.8) is 0 Å². The Bertz CT molecular complexity index is 197. The van der Waals surface area contributed by atoms with Crippen LogP contribution in [-0.4, -0.2) is 24.8 Å². The van der Waals surface area contributed by atoms with Crippen LogP contribution in [0.5, 0.6) is 0 Å². The molecule has 1 aliphatic carbocycles. The van der Waals surface area contributed by atoms with Crippen molar-refractivity contribution in [1.82, 2.24) is 5.32 Å². The Kier molecular flexibility index (Phi) is 3.68. The van der Waals surface area contributed by atoms with Crippen molar-refractivity contribution in [2.75, 3.05) is 6.61 Å². The molecule has 4 unspecified atom stereocenters. The van der Waals surface area contributed by atoms with Crippen molar-refractivity contribution in [2.24, 2.45) is 11.8 Å². The summed E-state index contributed by atoms with van der Waals surface area (Å²) < 4.78 is 5.60. The van der Waals surface area contributed by atoms with Gasteiger partial charge in [-0.3, -0.25) is 0 Å². The molecule has 88 valence electrons. The van der Waals surface area contributed by atoms with Crippen LogP contribution < -0.4 is 5.32 Å². The zero-order valence-electron chi connectivity index (χ0n) is 10.3. The van der Waals surface area contributed by atoms with Gasteiger partial charge in [-0.1, -0.05) is 13.8 Å². The van der Waals surface area contributed by atoms with Crippen LogP contribution in [0.25, 0.3) is 0 Å². The average molecular weight is 211 g/mol. The molecule has 1 saturated carbocycles. The first-order valence-electron chi connectivity index (χ1n) is 6.52. The Hall–Kier alpha value is -0.0800. The van der Waals surface area contributed by atoms with Crippen LogP contribution in [0.4, 0.5) is 0 Å². The monoisotopic (exact) mass is 211 g/mol. The lowest BCUT2D eigenvalue weighted by atomic mass is 9.80. The summed E-state index contributed by atoms with van der Waals surface area (Å²) in [5.41, 5.74) is 0. The third kappa shape index (κ3) is 2.94. The second kappa shape index (κ2) is 4.84. The lowest BCUT2D eigenvalue weighted by Crippen LogP contribution is -2.45. The Morgan fingerprint density at radius 3 is 2.20 bits per heavy atom. The van der Waals surface area contributed by atoms with Gasteiger partial charge in [0.25, 0.3) is 0 Å². The lowest BCUT2D eigenvalue weighted by Gasteiger charge is -2.34. The molecule has 4 atom stereocenters. The highest BCUT2D eigenvalue weighted by atomic mass is 16.5. The molecule has 15 heavy (non-hydrogen) atoms. The van der Waals surface area contributed by atoms with Crippen LogP contribution in [0.15, 0.2) is 0 Å². The molecular formula is C13H25NO. The van der Waals surface area contributed by atoms with E-state index in [1.54, 1.807) is 0 Å². The van der Waals surface area contributed by atoms with Gasteiger partial charge in [0.15, 0.2) is 0 Å². The normalized spacial score (nSPS) is 47.0. The van der Waals surface area contributed by atoms with Gasteiger partial charge in [0, 0.05) is 18.7 Å². The fourth-order valence-corrected chi connectivity index (χ4v) is 3.34. The van der Waals surface area contributed by atoms with Gasteiger partial charge in [0.05, 0.1) is 6.10 Å². The number of rotatable bonds is 2. The third-order valence-electron chi connectivity index (χ3n) is 4.00. The maximum Gasteiger partial charge on any atom is 0.0700 e. The minimum absolute atomic E-state index is 0.414. The van der Waals surface area contributed by atoms with Crippen LogP contribution in [0.3, 0.4) is 0 Å². The van der Waals surface area contributed by atoms with Gasteiger partial charge < -0.3 is 10.1 Å². The fraction of sp³-hybridized carbons (Fsp3) is 1.00. The number of hydrogen-bond acceptors (Lipinski definition) is 2. The third-order valence-corrected chi connectivity index (χ3v) is 4.00. The first-order chi connectivity index (χ1) is 7.15. The quantitative estimate of drug-likeness (QED) is 0.758. The highest BCUT2D eigenvalue weighted by Gasteiger charge is 2.30. The van der Waals surface area contributed by atoms with E-state index in [1.165, 1.54) is 25.7 Å². The highest BCUT2D eigenvalue weighted by Crippen LogP contribution is 2.29. The lowest BCUT2D eigenvalue weighted by molar-refractivity contribution is 0.106. The largest absolute Gasteiger partial charge is 0.377 e. The summed E-state index contributed by atoms with van der Waals surface area (Å²) >= 11 is 0. The molecule has 0 bridgehead atoms. The molecule has 2 aliphatic rings. The topological polar surface area (TPSA) is 21.3 Å². The second-order valence-corrected chi connectivity index (χ2v) is 5.75. The zero-order valence-corrected chi connectivity index (χ0v) is 10.3. The summed E-state index contributed by atoms with van der Waals surface area (Å²) in [5, 5.41) is 3.80. The zero-order chi connectivity index (χ0) is 10.8. The predicted octanol–water partition coefficient (Wildman–Crippen LogP) is 2.58. The fourth-order valence-electron chi connectivity index (χ4n) is 3.34. The second-order valence-electron chi connectivity index (χ2n) is 5.75. The Labute approximate surface area is 93.8 Å². The molecule has 0 spiro atoms. The van der Waals surface area contributed by atoms with Gasteiger partial charge in [-0.2, -0.15) is 0 Å². The van der Waals surface area contributed by atoms with Crippen molar-refractivity contribution >= 4 is 0 Å². The molecule has 1 saturated heterocycles. The van der Waals surface area contributed by atoms with Gasteiger partial charge >= 0.3 is 0 Å². The summed E-state index contributed by atoms with van der Waals surface area (Å²) in [5.74, 6) is 1.78. The maximum atomic E-state index is 5.60. The van der Waals surface area contributed by atoms with Gasteiger partial charge in [0.2, 0.25) is 0 Å². The number of ether oxygens (including phenoxy) is 1. The summed E-state index contributed by atoms with van der Waals surface area (Å²) in [6.45, 7) is 7.91. The summed E-state index contributed by atoms with van der Waals surface area (Å²) in [6.07, 6.45) is 5.73. The molecule has 0 amide bonds. The van der Waals surface area contributed by atoms with E-state index >= 15 is 0 Å². The van der Waals surface area contributed by atoms with E-state index in [9.17, 15) is 0 Å². The average Bonchev–Trinajstić information content (AvgIpc) is 2.50. The smallest absolute Gasteiger partial charge is 0.0700 e. The standard InChI is InChI=1S/C13H25NO/c1-9-6-10(2)8-12(7-9)14-13-4-5-15-11(13)3/h9-14H,4-8H2,1-3H3. The molecule has 2 rings (SSSR count). The van der Waals surface area contributed by atoms with E-state index in [0.717, 1.165) is 24.5 Å². The molecule has 1 N–H and O–H groups in total. The van der Waals surface area contributed by atoms with Crippen LogP contribution in [-0.2, 0) is 4.74 Å². The number of hydrogen-bond donors (Lipinski definition) is 1. The Morgan fingerprint density at radius 1 is 1.00 bits per heavy atom. The van der Waals surface area contributed by atoms with Crippen molar-refractivity contribution in [1.29, 1.82) is 0 Å². The summed E-state index contributed by atoms with van der Waals surface area (Å²) in [6, 6.07) is 1.34. The van der Waals surface area contributed by atoms with E-state index in [2.05, 4.69) is 26.1 Å². The molecule has 2 fully saturated rings. The van der Waals surface area contributed by atoms with Gasteiger partial charge in [0.1, 0.15) is 0 Å². The minimum atomic E-state index is 0.414. The van der Waals surface area contributed by atoms with Gasteiger partial charge in [-0.05, 0) is 44.4 Å². The molecule has 0 aromatic carbocycles. The van der Waals surface area contributed by atoms with Crippen molar-refractivity contribution in [3.05, 3.63) is 0 Å². The molecule has 0 aromatic heterocycles. The first kappa shape index (κ1) is 11.4. The predicted molar refractivity (Wildman–Crippen MR) is 62.9 cm³/mol. The van der Waals surface area contributed by atoms with Crippen LogP contribution in [0.2, 0.25) is 0 Å². The molecule has 1 heterocycles. The van der Waals surface area contributed by atoms with Crippen molar-refractivity contribution in [3.8, 4) is 0 Å². The van der Waals surface area contributed by atoms with Crippen LogP contribution in [0, 0.1) is 11.8 Å². The van der Waals surface area contributed by atoms with E-state index in [-0.39, 0.29) is 0 Å². The van der Waals surface area contributed by atoms with Gasteiger partial charge in [-0.25, -0.2) is 0 Å². The van der Waals surface area contributed by atoms with Crippen LogP contribution >= 0.6 is 0 Å². The Balaban J connectivity index is 1.83. The molecule has 0 aromatic rings. The van der Waals surface area contributed by atoms with Crippen molar-refractivity contribution < 1.29 is 4.74 Å². The number of nitrogens with one attached hydrogen (secondary N) is 1. The SMILES string of the molecule is CC1CC(C)CC(NC2CCOC2C)C1. The maximum absolute atomic E-state index is 5.60.